The number of fused-ring (bicyclic) bond motifs is 2. The molecule has 1 aromatic heterocycles. The number of piperazine rings is 1. The van der Waals surface area contributed by atoms with Crippen molar-refractivity contribution in [3.8, 4) is 0 Å². The Balaban J connectivity index is 1.31. The van der Waals surface area contributed by atoms with E-state index in [1.54, 1.807) is 24.5 Å². The first kappa shape index (κ1) is 21.2. The molecule has 2 aliphatic rings. The number of rotatable bonds is 5. The van der Waals surface area contributed by atoms with Crippen LogP contribution in [0.25, 0.3) is 11.0 Å². The number of nitrogens with one attached hydrogen (secondary N) is 1. The van der Waals surface area contributed by atoms with E-state index >= 15 is 0 Å². The fourth-order valence-corrected chi connectivity index (χ4v) is 6.04. The van der Waals surface area contributed by atoms with E-state index in [0.29, 0.717) is 31.9 Å². The number of likely N-dealkylation sites (N-methyl/N-ethyl adjacent to an activating group) is 1. The Kier molecular flexibility index (Phi) is 5.53. The van der Waals surface area contributed by atoms with Gasteiger partial charge in [-0.3, -0.25) is 4.79 Å². The van der Waals surface area contributed by atoms with Crippen LogP contribution in [0.3, 0.4) is 0 Å². The summed E-state index contributed by atoms with van der Waals surface area (Å²) in [4.78, 5) is 15.0. The van der Waals surface area contributed by atoms with Crippen molar-refractivity contribution in [3.63, 3.8) is 0 Å². The van der Waals surface area contributed by atoms with Crippen molar-refractivity contribution >= 4 is 32.6 Å². The lowest BCUT2D eigenvalue weighted by molar-refractivity contribution is -0.115. The maximum Gasteiger partial charge on any atom is 0.243 e. The molecule has 2 heterocycles. The summed E-state index contributed by atoms with van der Waals surface area (Å²) in [5, 5.41) is 3.83. The van der Waals surface area contributed by atoms with Crippen LogP contribution >= 0.6 is 0 Å². The zero-order valence-electron chi connectivity index (χ0n) is 18.1. The predicted molar refractivity (Wildman–Crippen MR) is 123 cm³/mol. The smallest absolute Gasteiger partial charge is 0.243 e. The molecule has 7 nitrogen and oxygen atoms in total. The van der Waals surface area contributed by atoms with E-state index in [2.05, 4.69) is 22.3 Å². The molecule has 0 bridgehead atoms. The van der Waals surface area contributed by atoms with Crippen molar-refractivity contribution in [2.45, 2.75) is 30.6 Å². The molecule has 3 aromatic rings. The number of furan rings is 1. The molecular weight excluding hydrogens is 426 g/mol. The van der Waals surface area contributed by atoms with Crippen LogP contribution in [0.15, 0.2) is 52.0 Å². The second-order valence-electron chi connectivity index (χ2n) is 8.69. The number of aryl methyl sites for hydroxylation is 2. The van der Waals surface area contributed by atoms with Gasteiger partial charge in [0.1, 0.15) is 5.58 Å². The highest BCUT2D eigenvalue weighted by Crippen LogP contribution is 2.30. The third-order valence-electron chi connectivity index (χ3n) is 6.44. The zero-order valence-corrected chi connectivity index (χ0v) is 19.0. The van der Waals surface area contributed by atoms with Gasteiger partial charge in [0.05, 0.1) is 17.6 Å². The van der Waals surface area contributed by atoms with Crippen LogP contribution in [0, 0.1) is 0 Å². The monoisotopic (exact) mass is 453 g/mol. The minimum Gasteiger partial charge on any atom is -0.464 e. The molecule has 0 atom stereocenters. The molecule has 2 aromatic carbocycles. The number of amides is 1. The normalized spacial score (nSPS) is 17.5. The van der Waals surface area contributed by atoms with Crippen LogP contribution in [-0.2, 0) is 34.1 Å². The van der Waals surface area contributed by atoms with Gasteiger partial charge in [-0.2, -0.15) is 4.31 Å². The van der Waals surface area contributed by atoms with Gasteiger partial charge in [-0.1, -0.05) is 6.07 Å². The summed E-state index contributed by atoms with van der Waals surface area (Å²) in [6.45, 7) is 2.34. The average molecular weight is 454 g/mol. The standard InChI is InChI=1S/C24H27N3O4S/c1-26-8-10-27(11-9-26)32(29,30)21-7-3-6-20(15-21)25-24(28)14-19-16-31-23-13-18-5-2-4-17(18)12-22(19)23/h3,6-7,12-13,15-16H,2,4-5,8-11,14H2,1H3,(H,25,28). The highest BCUT2D eigenvalue weighted by Gasteiger charge is 2.27. The second kappa shape index (κ2) is 8.35. The van der Waals surface area contributed by atoms with E-state index in [-0.39, 0.29) is 17.2 Å². The third-order valence-corrected chi connectivity index (χ3v) is 8.33. The maximum atomic E-state index is 13.0. The van der Waals surface area contributed by atoms with E-state index in [0.717, 1.165) is 35.8 Å². The van der Waals surface area contributed by atoms with Crippen LogP contribution in [0.5, 0.6) is 0 Å². The fraction of sp³-hybridized carbons (Fsp3) is 0.375. The molecule has 1 fully saturated rings. The van der Waals surface area contributed by atoms with Crippen molar-refractivity contribution in [2.24, 2.45) is 0 Å². The quantitative estimate of drug-likeness (QED) is 0.642. The first-order valence-corrected chi connectivity index (χ1v) is 12.4. The van der Waals surface area contributed by atoms with E-state index in [9.17, 15) is 13.2 Å². The highest BCUT2D eigenvalue weighted by atomic mass is 32.2. The summed E-state index contributed by atoms with van der Waals surface area (Å²) in [5.41, 5.74) is 4.80. The third kappa shape index (κ3) is 4.05. The van der Waals surface area contributed by atoms with E-state index in [1.807, 2.05) is 7.05 Å². The van der Waals surface area contributed by atoms with Gasteiger partial charge in [-0.05, 0) is 67.8 Å². The second-order valence-corrected chi connectivity index (χ2v) is 10.6. The van der Waals surface area contributed by atoms with Crippen LogP contribution in [0.1, 0.15) is 23.1 Å². The Morgan fingerprint density at radius 2 is 1.81 bits per heavy atom. The highest BCUT2D eigenvalue weighted by molar-refractivity contribution is 7.89. The Morgan fingerprint density at radius 3 is 2.59 bits per heavy atom. The first-order chi connectivity index (χ1) is 15.4. The Morgan fingerprint density at radius 1 is 1.06 bits per heavy atom. The van der Waals surface area contributed by atoms with Gasteiger partial charge in [0.25, 0.3) is 0 Å². The van der Waals surface area contributed by atoms with Crippen LogP contribution in [-0.4, -0.2) is 56.8 Å². The van der Waals surface area contributed by atoms with E-state index in [4.69, 9.17) is 4.42 Å². The number of anilines is 1. The van der Waals surface area contributed by atoms with Gasteiger partial charge in [-0.15, -0.1) is 0 Å². The Labute approximate surface area is 188 Å². The lowest BCUT2D eigenvalue weighted by Gasteiger charge is -2.31. The average Bonchev–Trinajstić information content (AvgIpc) is 3.39. The molecule has 32 heavy (non-hydrogen) atoms. The molecular formula is C24H27N3O4S. The zero-order chi connectivity index (χ0) is 22.3. The minimum atomic E-state index is -3.59. The largest absolute Gasteiger partial charge is 0.464 e. The summed E-state index contributed by atoms with van der Waals surface area (Å²) < 4.78 is 33.2. The van der Waals surface area contributed by atoms with Crippen molar-refractivity contribution in [1.82, 2.24) is 9.21 Å². The summed E-state index contributed by atoms with van der Waals surface area (Å²) in [7, 11) is -1.61. The van der Waals surface area contributed by atoms with E-state index < -0.39 is 10.0 Å². The van der Waals surface area contributed by atoms with Crippen LogP contribution in [0.2, 0.25) is 0 Å². The van der Waals surface area contributed by atoms with Gasteiger partial charge in [0.2, 0.25) is 15.9 Å². The van der Waals surface area contributed by atoms with Gasteiger partial charge in [0.15, 0.2) is 0 Å². The van der Waals surface area contributed by atoms with Crippen molar-refractivity contribution in [2.75, 3.05) is 38.5 Å². The molecule has 8 heteroatoms. The molecule has 1 amide bonds. The summed E-state index contributed by atoms with van der Waals surface area (Å²) in [6, 6.07) is 10.7. The number of sulfonamides is 1. The van der Waals surface area contributed by atoms with E-state index in [1.165, 1.54) is 21.5 Å². The number of carbonyl (C=O) groups excluding carboxylic acids is 1. The van der Waals surface area contributed by atoms with Gasteiger partial charge in [-0.25, -0.2) is 8.42 Å². The summed E-state index contributed by atoms with van der Waals surface area (Å²) in [5.74, 6) is -0.206. The maximum absolute atomic E-state index is 13.0. The molecule has 1 N–H and O–H groups in total. The fourth-order valence-electron chi connectivity index (χ4n) is 4.57. The molecule has 0 spiro atoms. The number of nitrogens with zero attached hydrogens (tertiary/aromatic N) is 2. The minimum absolute atomic E-state index is 0.168. The SMILES string of the molecule is CN1CCN(S(=O)(=O)c2cccc(NC(=O)Cc3coc4cc5c(cc34)CCC5)c2)CC1. The molecule has 0 unspecified atom stereocenters. The number of benzene rings is 2. The molecule has 1 saturated heterocycles. The molecule has 1 aliphatic carbocycles. The Bertz CT molecular complexity index is 1270. The first-order valence-electron chi connectivity index (χ1n) is 11.0. The number of carbonyl (C=O) groups is 1. The number of hydrogen-bond acceptors (Lipinski definition) is 5. The molecule has 5 rings (SSSR count). The molecule has 1 aliphatic heterocycles. The van der Waals surface area contributed by atoms with Crippen molar-refractivity contribution < 1.29 is 17.6 Å². The predicted octanol–water partition coefficient (Wildman–Crippen LogP) is 3.04. The summed E-state index contributed by atoms with van der Waals surface area (Å²) >= 11 is 0. The van der Waals surface area contributed by atoms with Crippen LogP contribution < -0.4 is 5.32 Å². The van der Waals surface area contributed by atoms with Crippen LogP contribution in [0.4, 0.5) is 5.69 Å². The van der Waals surface area contributed by atoms with Crippen molar-refractivity contribution in [1.29, 1.82) is 0 Å². The van der Waals surface area contributed by atoms with Gasteiger partial charge >= 0.3 is 0 Å². The molecule has 0 radical (unpaired) electrons. The van der Waals surface area contributed by atoms with Gasteiger partial charge < -0.3 is 14.6 Å². The summed E-state index contributed by atoms with van der Waals surface area (Å²) in [6.07, 6.45) is 5.12. The lowest BCUT2D eigenvalue weighted by Crippen LogP contribution is -2.47. The van der Waals surface area contributed by atoms with Gasteiger partial charge in [0, 0.05) is 42.8 Å². The van der Waals surface area contributed by atoms with Crippen molar-refractivity contribution in [3.05, 3.63) is 59.4 Å². The molecule has 0 saturated carbocycles. The topological polar surface area (TPSA) is 82.9 Å². The Hall–Kier alpha value is -2.68. The molecule has 168 valence electrons. The lowest BCUT2D eigenvalue weighted by atomic mass is 10.0. The number of hydrogen-bond donors (Lipinski definition) is 1.